The van der Waals surface area contributed by atoms with Gasteiger partial charge in [0.05, 0.1) is 0 Å². The van der Waals surface area contributed by atoms with Gasteiger partial charge >= 0.3 is 0 Å². The molecule has 0 spiro atoms. The van der Waals surface area contributed by atoms with Crippen molar-refractivity contribution in [3.05, 3.63) is 75.8 Å². The Labute approximate surface area is 170 Å². The van der Waals surface area contributed by atoms with E-state index in [1.165, 1.54) is 10.8 Å². The molecule has 27 heavy (non-hydrogen) atoms. The number of benzene rings is 3. The zero-order chi connectivity index (χ0) is 19.1. The van der Waals surface area contributed by atoms with E-state index in [2.05, 4.69) is 23.5 Å². The fraction of sp³-hybridized carbons (Fsp3) is 0.273. The fourth-order valence-corrected chi connectivity index (χ4v) is 3.52. The molecular weight excluding hydrogens is 381 g/mol. The first-order chi connectivity index (χ1) is 13.2. The Kier molecular flexibility index (Phi) is 7.36. The molecule has 0 saturated carbocycles. The van der Waals surface area contributed by atoms with Gasteiger partial charge in [-0.3, -0.25) is 0 Å². The second-order valence-electron chi connectivity index (χ2n) is 6.28. The third kappa shape index (κ3) is 5.14. The lowest BCUT2D eigenvalue weighted by atomic mass is 10.0. The maximum atomic E-state index is 6.27. The fourth-order valence-electron chi connectivity index (χ4n) is 3.01. The third-order valence-electron chi connectivity index (χ3n) is 4.44. The zero-order valence-corrected chi connectivity index (χ0v) is 16.8. The quantitative estimate of drug-likeness (QED) is 0.454. The van der Waals surface area contributed by atoms with Crippen LogP contribution in [0.3, 0.4) is 0 Å². The number of hydrogen-bond acceptors (Lipinski definition) is 3. The molecule has 3 aromatic carbocycles. The Balaban J connectivity index is 1.82. The summed E-state index contributed by atoms with van der Waals surface area (Å²) < 4.78 is 11.2. The standard InChI is InChI=1S/C22H23Cl2NO2/c1-26-13-5-12-25-14-18-17-7-3-2-6-16(17)10-11-22(18)27-15-19-20(23)8-4-9-21(19)24/h2-4,6-11,25H,5,12-15H2,1H3. The van der Waals surface area contributed by atoms with Crippen molar-refractivity contribution < 1.29 is 9.47 Å². The van der Waals surface area contributed by atoms with Crippen molar-refractivity contribution in [2.75, 3.05) is 20.3 Å². The van der Waals surface area contributed by atoms with E-state index < -0.39 is 0 Å². The molecule has 0 bridgehead atoms. The lowest BCUT2D eigenvalue weighted by Gasteiger charge is -2.16. The summed E-state index contributed by atoms with van der Waals surface area (Å²) in [5.41, 5.74) is 1.93. The van der Waals surface area contributed by atoms with Crippen molar-refractivity contribution in [1.29, 1.82) is 0 Å². The van der Waals surface area contributed by atoms with Crippen molar-refractivity contribution in [3.8, 4) is 5.75 Å². The monoisotopic (exact) mass is 403 g/mol. The molecule has 0 aliphatic carbocycles. The highest BCUT2D eigenvalue weighted by atomic mass is 35.5. The lowest BCUT2D eigenvalue weighted by Crippen LogP contribution is -2.17. The van der Waals surface area contributed by atoms with Crippen molar-refractivity contribution in [2.24, 2.45) is 0 Å². The second-order valence-corrected chi connectivity index (χ2v) is 7.09. The molecule has 142 valence electrons. The summed E-state index contributed by atoms with van der Waals surface area (Å²) in [6, 6.07) is 17.9. The van der Waals surface area contributed by atoms with Crippen LogP contribution in [0.15, 0.2) is 54.6 Å². The normalized spacial score (nSPS) is 11.1. The van der Waals surface area contributed by atoms with Gasteiger partial charge < -0.3 is 14.8 Å². The molecule has 3 aromatic rings. The second kappa shape index (κ2) is 9.95. The van der Waals surface area contributed by atoms with Gasteiger partial charge in [0.15, 0.2) is 0 Å². The van der Waals surface area contributed by atoms with Gasteiger partial charge in [-0.1, -0.05) is 59.6 Å². The van der Waals surface area contributed by atoms with Crippen LogP contribution in [0.2, 0.25) is 10.0 Å². The van der Waals surface area contributed by atoms with Crippen LogP contribution in [0.4, 0.5) is 0 Å². The summed E-state index contributed by atoms with van der Waals surface area (Å²) >= 11 is 12.5. The van der Waals surface area contributed by atoms with E-state index in [0.29, 0.717) is 16.7 Å². The number of ether oxygens (including phenoxy) is 2. The summed E-state index contributed by atoms with van der Waals surface area (Å²) in [6.45, 7) is 2.67. The third-order valence-corrected chi connectivity index (χ3v) is 5.14. The van der Waals surface area contributed by atoms with E-state index in [-0.39, 0.29) is 0 Å². The van der Waals surface area contributed by atoms with E-state index in [1.807, 2.05) is 36.4 Å². The molecule has 0 amide bonds. The van der Waals surface area contributed by atoms with Crippen LogP contribution in [0, 0.1) is 0 Å². The molecule has 0 saturated heterocycles. The molecule has 1 N–H and O–H groups in total. The predicted molar refractivity (Wildman–Crippen MR) is 113 cm³/mol. The first-order valence-corrected chi connectivity index (χ1v) is 9.72. The number of rotatable bonds is 9. The highest BCUT2D eigenvalue weighted by molar-refractivity contribution is 6.35. The number of nitrogens with one attached hydrogen (secondary N) is 1. The molecule has 0 fully saturated rings. The maximum absolute atomic E-state index is 6.27. The largest absolute Gasteiger partial charge is 0.488 e. The van der Waals surface area contributed by atoms with Gasteiger partial charge in [-0.2, -0.15) is 0 Å². The van der Waals surface area contributed by atoms with Crippen LogP contribution in [-0.4, -0.2) is 20.3 Å². The van der Waals surface area contributed by atoms with Crippen LogP contribution >= 0.6 is 23.2 Å². The van der Waals surface area contributed by atoms with E-state index in [9.17, 15) is 0 Å². The molecule has 0 radical (unpaired) electrons. The topological polar surface area (TPSA) is 30.5 Å². The molecular formula is C22H23Cl2NO2. The van der Waals surface area contributed by atoms with Gasteiger partial charge in [-0.15, -0.1) is 0 Å². The summed E-state index contributed by atoms with van der Waals surface area (Å²) in [6.07, 6.45) is 0.965. The van der Waals surface area contributed by atoms with Crippen LogP contribution in [0.5, 0.6) is 5.75 Å². The van der Waals surface area contributed by atoms with Crippen molar-refractivity contribution in [3.63, 3.8) is 0 Å². The Morgan fingerprint density at radius 3 is 2.44 bits per heavy atom. The highest BCUT2D eigenvalue weighted by Gasteiger charge is 2.11. The maximum Gasteiger partial charge on any atom is 0.124 e. The van der Waals surface area contributed by atoms with Gasteiger partial charge in [-0.05, 0) is 41.9 Å². The number of hydrogen-bond donors (Lipinski definition) is 1. The Bertz CT molecular complexity index is 878. The first-order valence-electron chi connectivity index (χ1n) is 8.96. The average Bonchev–Trinajstić information content (AvgIpc) is 2.68. The van der Waals surface area contributed by atoms with Crippen LogP contribution in [0.25, 0.3) is 10.8 Å². The lowest BCUT2D eigenvalue weighted by molar-refractivity contribution is 0.194. The number of methoxy groups -OCH3 is 1. The van der Waals surface area contributed by atoms with Gasteiger partial charge in [-0.25, -0.2) is 0 Å². The highest BCUT2D eigenvalue weighted by Crippen LogP contribution is 2.31. The molecule has 0 aliphatic rings. The molecule has 0 aliphatic heterocycles. The molecule has 3 nitrogen and oxygen atoms in total. The minimum absolute atomic E-state index is 0.327. The summed E-state index contributed by atoms with van der Waals surface area (Å²) in [4.78, 5) is 0. The Morgan fingerprint density at radius 2 is 1.67 bits per heavy atom. The molecule has 0 unspecified atom stereocenters. The van der Waals surface area contributed by atoms with Crippen molar-refractivity contribution in [2.45, 2.75) is 19.6 Å². The van der Waals surface area contributed by atoms with E-state index in [4.69, 9.17) is 32.7 Å². The molecule has 0 heterocycles. The molecule has 0 atom stereocenters. The number of fused-ring (bicyclic) bond motifs is 1. The number of halogens is 2. The summed E-state index contributed by atoms with van der Waals surface area (Å²) in [7, 11) is 1.72. The van der Waals surface area contributed by atoms with Gasteiger partial charge in [0, 0.05) is 41.4 Å². The Hall–Kier alpha value is -1.78. The van der Waals surface area contributed by atoms with Crippen LogP contribution < -0.4 is 10.1 Å². The van der Waals surface area contributed by atoms with Crippen molar-refractivity contribution in [1.82, 2.24) is 5.32 Å². The van der Waals surface area contributed by atoms with E-state index in [0.717, 1.165) is 43.0 Å². The minimum atomic E-state index is 0.327. The minimum Gasteiger partial charge on any atom is -0.488 e. The SMILES string of the molecule is COCCCNCc1c(OCc2c(Cl)cccc2Cl)ccc2ccccc12. The molecule has 3 rings (SSSR count). The van der Waals surface area contributed by atoms with E-state index in [1.54, 1.807) is 7.11 Å². The van der Waals surface area contributed by atoms with E-state index >= 15 is 0 Å². The van der Waals surface area contributed by atoms with Crippen molar-refractivity contribution >= 4 is 34.0 Å². The summed E-state index contributed by atoms with van der Waals surface area (Å²) in [5.74, 6) is 0.837. The Morgan fingerprint density at radius 1 is 0.889 bits per heavy atom. The van der Waals surface area contributed by atoms with Gasteiger partial charge in [0.1, 0.15) is 12.4 Å². The van der Waals surface area contributed by atoms with Gasteiger partial charge in [0.2, 0.25) is 0 Å². The summed E-state index contributed by atoms with van der Waals surface area (Å²) in [5, 5.41) is 7.07. The smallest absolute Gasteiger partial charge is 0.124 e. The molecule has 5 heteroatoms. The first kappa shape index (κ1) is 20.0. The van der Waals surface area contributed by atoms with Gasteiger partial charge in [0.25, 0.3) is 0 Å². The van der Waals surface area contributed by atoms with Crippen LogP contribution in [-0.2, 0) is 17.9 Å². The zero-order valence-electron chi connectivity index (χ0n) is 15.3. The van der Waals surface area contributed by atoms with Crippen LogP contribution in [0.1, 0.15) is 17.5 Å². The average molecular weight is 404 g/mol. The molecule has 0 aromatic heterocycles. The predicted octanol–water partition coefficient (Wildman–Crippen LogP) is 5.85.